The molecular formula is C14H21N3O. The summed E-state index contributed by atoms with van der Waals surface area (Å²) in [5, 5.41) is 6.13. The maximum Gasteiger partial charge on any atom is 0.239 e. The van der Waals surface area contributed by atoms with E-state index in [1.807, 2.05) is 43.3 Å². The number of benzene rings is 1. The van der Waals surface area contributed by atoms with Crippen LogP contribution in [0.25, 0.3) is 0 Å². The van der Waals surface area contributed by atoms with Crippen LogP contribution in [-0.2, 0) is 4.79 Å². The van der Waals surface area contributed by atoms with Crippen molar-refractivity contribution < 1.29 is 4.79 Å². The van der Waals surface area contributed by atoms with Gasteiger partial charge in [0.05, 0.1) is 17.9 Å². The molecule has 4 heteroatoms. The number of anilines is 2. The number of nitrogens with zero attached hydrogens (tertiary/aromatic N) is 1. The van der Waals surface area contributed by atoms with Crippen LogP contribution in [0, 0.1) is 5.92 Å². The predicted molar refractivity (Wildman–Crippen MR) is 75.0 cm³/mol. The van der Waals surface area contributed by atoms with Crippen LogP contribution in [0.2, 0.25) is 0 Å². The quantitative estimate of drug-likeness (QED) is 0.804. The van der Waals surface area contributed by atoms with Crippen LogP contribution in [-0.4, -0.2) is 33.1 Å². The van der Waals surface area contributed by atoms with E-state index in [9.17, 15) is 4.79 Å². The van der Waals surface area contributed by atoms with Crippen LogP contribution >= 0.6 is 0 Å². The summed E-state index contributed by atoms with van der Waals surface area (Å²) in [5.74, 6) is 0.790. The first-order valence-electron chi connectivity index (χ1n) is 6.43. The maximum atomic E-state index is 11.6. The minimum atomic E-state index is 0.0652. The predicted octanol–water partition coefficient (Wildman–Crippen LogP) is 1.69. The Bertz CT molecular complexity index is 413. The third-order valence-electron chi connectivity index (χ3n) is 3.11. The van der Waals surface area contributed by atoms with Crippen LogP contribution in [0.1, 0.15) is 12.8 Å². The lowest BCUT2D eigenvalue weighted by Gasteiger charge is -2.18. The Kier molecular flexibility index (Phi) is 4.07. The van der Waals surface area contributed by atoms with Gasteiger partial charge in [0.15, 0.2) is 0 Å². The molecule has 0 atom stereocenters. The van der Waals surface area contributed by atoms with Crippen molar-refractivity contribution in [3.63, 3.8) is 0 Å². The molecule has 0 aliphatic heterocycles. The summed E-state index contributed by atoms with van der Waals surface area (Å²) in [6, 6.07) is 7.99. The summed E-state index contributed by atoms with van der Waals surface area (Å²) in [7, 11) is 3.99. The number of nitrogens with one attached hydrogen (secondary N) is 2. The zero-order valence-electron chi connectivity index (χ0n) is 11.1. The molecule has 1 aromatic carbocycles. The molecule has 1 saturated carbocycles. The molecule has 2 rings (SSSR count). The summed E-state index contributed by atoms with van der Waals surface area (Å²) in [5.41, 5.74) is 2.08. The van der Waals surface area contributed by atoms with Crippen LogP contribution in [0.4, 0.5) is 11.4 Å². The average Bonchev–Trinajstić information content (AvgIpc) is 3.18. The molecule has 1 aromatic rings. The number of hydrogen-bond donors (Lipinski definition) is 2. The van der Waals surface area contributed by atoms with Crippen LogP contribution in [0.3, 0.4) is 0 Å². The van der Waals surface area contributed by atoms with Crippen molar-refractivity contribution in [1.82, 2.24) is 5.32 Å². The highest BCUT2D eigenvalue weighted by atomic mass is 16.1. The zero-order chi connectivity index (χ0) is 13.0. The van der Waals surface area contributed by atoms with Crippen molar-refractivity contribution in [2.24, 2.45) is 5.92 Å². The first kappa shape index (κ1) is 12.7. The summed E-state index contributed by atoms with van der Waals surface area (Å²) in [6.07, 6.45) is 2.52. The molecular weight excluding hydrogens is 226 g/mol. The van der Waals surface area contributed by atoms with Crippen molar-refractivity contribution >= 4 is 17.3 Å². The topological polar surface area (TPSA) is 44.4 Å². The Labute approximate surface area is 108 Å². The second-order valence-electron chi connectivity index (χ2n) is 5.01. The van der Waals surface area contributed by atoms with E-state index in [-0.39, 0.29) is 5.91 Å². The molecule has 0 aromatic heterocycles. The van der Waals surface area contributed by atoms with Gasteiger partial charge < -0.3 is 15.5 Å². The van der Waals surface area contributed by atoms with E-state index < -0.39 is 0 Å². The molecule has 18 heavy (non-hydrogen) atoms. The van der Waals surface area contributed by atoms with Gasteiger partial charge in [-0.05, 0) is 30.9 Å². The van der Waals surface area contributed by atoms with E-state index in [1.54, 1.807) is 0 Å². The van der Waals surface area contributed by atoms with Gasteiger partial charge in [-0.25, -0.2) is 0 Å². The third kappa shape index (κ3) is 3.65. The monoisotopic (exact) mass is 247 g/mol. The van der Waals surface area contributed by atoms with Crippen molar-refractivity contribution in [3.05, 3.63) is 24.3 Å². The van der Waals surface area contributed by atoms with Crippen LogP contribution in [0.15, 0.2) is 24.3 Å². The molecule has 0 saturated heterocycles. The highest BCUT2D eigenvalue weighted by Crippen LogP contribution is 2.27. The van der Waals surface area contributed by atoms with Gasteiger partial charge >= 0.3 is 0 Å². The fraction of sp³-hybridized carbons (Fsp3) is 0.500. The first-order valence-corrected chi connectivity index (χ1v) is 6.43. The molecule has 4 nitrogen and oxygen atoms in total. The number of hydrogen-bond acceptors (Lipinski definition) is 3. The maximum absolute atomic E-state index is 11.6. The highest BCUT2D eigenvalue weighted by Gasteiger charge is 2.21. The number of para-hydroxylation sites is 2. The van der Waals surface area contributed by atoms with E-state index in [0.29, 0.717) is 6.54 Å². The molecule has 1 amide bonds. The minimum absolute atomic E-state index is 0.0652. The van der Waals surface area contributed by atoms with Crippen molar-refractivity contribution in [2.75, 3.05) is 37.4 Å². The lowest BCUT2D eigenvalue weighted by atomic mass is 10.2. The van der Waals surface area contributed by atoms with Crippen LogP contribution in [0.5, 0.6) is 0 Å². The van der Waals surface area contributed by atoms with Gasteiger partial charge in [-0.3, -0.25) is 4.79 Å². The van der Waals surface area contributed by atoms with Crippen molar-refractivity contribution in [3.8, 4) is 0 Å². The zero-order valence-corrected chi connectivity index (χ0v) is 11.1. The lowest BCUT2D eigenvalue weighted by molar-refractivity contribution is -0.119. The van der Waals surface area contributed by atoms with Crippen molar-refractivity contribution in [1.29, 1.82) is 0 Å². The van der Waals surface area contributed by atoms with Crippen LogP contribution < -0.4 is 15.5 Å². The number of amides is 1. The van der Waals surface area contributed by atoms with Gasteiger partial charge in [0, 0.05) is 20.6 Å². The van der Waals surface area contributed by atoms with E-state index in [2.05, 4.69) is 10.6 Å². The smallest absolute Gasteiger partial charge is 0.239 e. The highest BCUT2D eigenvalue weighted by molar-refractivity contribution is 5.82. The molecule has 98 valence electrons. The fourth-order valence-corrected chi connectivity index (χ4v) is 1.83. The Balaban J connectivity index is 1.82. The molecule has 0 bridgehead atoms. The third-order valence-corrected chi connectivity index (χ3v) is 3.11. The van der Waals surface area contributed by atoms with Gasteiger partial charge in [0.25, 0.3) is 0 Å². The lowest BCUT2D eigenvalue weighted by Crippen LogP contribution is -2.31. The standard InChI is InChI=1S/C14H21N3O/c1-17(2)13-6-4-3-5-12(13)15-10-14(18)16-9-11-7-8-11/h3-6,11,15H,7-10H2,1-2H3,(H,16,18). The second kappa shape index (κ2) is 5.76. The fourth-order valence-electron chi connectivity index (χ4n) is 1.83. The Hall–Kier alpha value is -1.71. The summed E-state index contributed by atoms with van der Waals surface area (Å²) in [4.78, 5) is 13.7. The molecule has 1 aliphatic carbocycles. The summed E-state index contributed by atoms with van der Waals surface area (Å²) in [6.45, 7) is 1.16. The van der Waals surface area contributed by atoms with E-state index in [0.717, 1.165) is 23.8 Å². The van der Waals surface area contributed by atoms with E-state index in [4.69, 9.17) is 0 Å². The molecule has 0 heterocycles. The van der Waals surface area contributed by atoms with Gasteiger partial charge in [0.1, 0.15) is 0 Å². The minimum Gasteiger partial charge on any atom is -0.376 e. The Morgan fingerprint density at radius 1 is 1.33 bits per heavy atom. The molecule has 1 aliphatic rings. The van der Waals surface area contributed by atoms with Gasteiger partial charge in [-0.1, -0.05) is 12.1 Å². The van der Waals surface area contributed by atoms with Gasteiger partial charge in [-0.15, -0.1) is 0 Å². The first-order chi connectivity index (χ1) is 8.66. The normalized spacial score (nSPS) is 14.1. The second-order valence-corrected chi connectivity index (χ2v) is 5.01. The summed E-state index contributed by atoms with van der Waals surface area (Å²) >= 11 is 0. The van der Waals surface area contributed by atoms with E-state index in [1.165, 1.54) is 12.8 Å². The molecule has 2 N–H and O–H groups in total. The van der Waals surface area contributed by atoms with Gasteiger partial charge in [-0.2, -0.15) is 0 Å². The molecule has 0 spiro atoms. The number of rotatable bonds is 6. The molecule has 1 fully saturated rings. The number of carbonyl (C=O) groups excluding carboxylic acids is 1. The largest absolute Gasteiger partial charge is 0.376 e. The molecule has 0 unspecified atom stereocenters. The van der Waals surface area contributed by atoms with E-state index >= 15 is 0 Å². The van der Waals surface area contributed by atoms with Gasteiger partial charge in [0.2, 0.25) is 5.91 Å². The SMILES string of the molecule is CN(C)c1ccccc1NCC(=O)NCC1CC1. The molecule has 0 radical (unpaired) electrons. The average molecular weight is 247 g/mol. The summed E-state index contributed by atoms with van der Waals surface area (Å²) < 4.78 is 0. The Morgan fingerprint density at radius 2 is 2.06 bits per heavy atom. The number of carbonyl (C=O) groups is 1. The Morgan fingerprint density at radius 3 is 2.72 bits per heavy atom. The van der Waals surface area contributed by atoms with Crippen molar-refractivity contribution in [2.45, 2.75) is 12.8 Å².